The summed E-state index contributed by atoms with van der Waals surface area (Å²) in [6.45, 7) is 0.265. The van der Waals surface area contributed by atoms with Gasteiger partial charge in [0.15, 0.2) is 0 Å². The van der Waals surface area contributed by atoms with Crippen molar-refractivity contribution in [2.45, 2.75) is 12.7 Å². The lowest BCUT2D eigenvalue weighted by molar-refractivity contribution is 0.0911. The van der Waals surface area contributed by atoms with Gasteiger partial charge >= 0.3 is 0 Å². The Hall–Kier alpha value is -3.32. The third-order valence-corrected chi connectivity index (χ3v) is 3.71. The normalized spacial score (nSPS) is 11.7. The van der Waals surface area contributed by atoms with E-state index in [9.17, 15) is 15.0 Å². The summed E-state index contributed by atoms with van der Waals surface area (Å²) in [7, 11) is 0. The van der Waals surface area contributed by atoms with E-state index >= 15 is 0 Å². The van der Waals surface area contributed by atoms with Crippen LogP contribution < -0.4 is 10.1 Å². The minimum atomic E-state index is -0.925. The van der Waals surface area contributed by atoms with Gasteiger partial charge in [-0.1, -0.05) is 30.3 Å². The predicted molar refractivity (Wildman–Crippen MR) is 94.8 cm³/mol. The number of H-pyrrole nitrogens is 1. The molecule has 0 aliphatic carbocycles. The molecule has 1 heterocycles. The average Bonchev–Trinajstić information content (AvgIpc) is 3.14. The van der Waals surface area contributed by atoms with Crippen LogP contribution in [0.3, 0.4) is 0 Å². The van der Waals surface area contributed by atoms with E-state index in [1.165, 1.54) is 12.1 Å². The van der Waals surface area contributed by atoms with Gasteiger partial charge in [0.25, 0.3) is 5.91 Å². The first-order valence-electron chi connectivity index (χ1n) is 8.09. The number of carbonyl (C=O) groups excluding carboxylic acids is 1. The minimum absolute atomic E-state index is 0.00496. The van der Waals surface area contributed by atoms with Gasteiger partial charge in [0, 0.05) is 6.54 Å². The van der Waals surface area contributed by atoms with Crippen molar-refractivity contribution in [1.29, 1.82) is 0 Å². The Bertz CT molecular complexity index is 864. The van der Waals surface area contributed by atoms with Crippen LogP contribution in [0.25, 0.3) is 0 Å². The van der Waals surface area contributed by atoms with Crippen LogP contribution >= 0.6 is 0 Å². The summed E-state index contributed by atoms with van der Waals surface area (Å²) in [6.07, 6.45) is -0.925. The lowest BCUT2D eigenvalue weighted by Crippen LogP contribution is -2.28. The second-order valence-electron chi connectivity index (χ2n) is 5.70. The number of aromatic amines is 1. The standard InChI is InChI=1S/C19H19N3O4/c23-15-6-4-5-13(9-15)18(24)11-20-19(25)17-10-14(21-22-17)12-26-16-7-2-1-3-8-16/h1-10,18,23-24H,11-12H2,(H,20,25)(H,21,22)/t18-/m0/s1. The highest BCUT2D eigenvalue weighted by molar-refractivity contribution is 5.92. The minimum Gasteiger partial charge on any atom is -0.508 e. The maximum Gasteiger partial charge on any atom is 0.271 e. The Kier molecular flexibility index (Phi) is 5.50. The summed E-state index contributed by atoms with van der Waals surface area (Å²) >= 11 is 0. The second kappa shape index (κ2) is 8.17. The van der Waals surface area contributed by atoms with Crippen LogP contribution in [0.1, 0.15) is 27.8 Å². The number of aliphatic hydroxyl groups is 1. The Morgan fingerprint density at radius 3 is 2.73 bits per heavy atom. The molecule has 0 bridgehead atoms. The molecule has 2 aromatic carbocycles. The molecule has 1 aromatic heterocycles. The van der Waals surface area contributed by atoms with Gasteiger partial charge in [0.1, 0.15) is 23.8 Å². The molecule has 7 nitrogen and oxygen atoms in total. The SMILES string of the molecule is O=C(NC[C@H](O)c1cccc(O)c1)c1cc(COc2ccccc2)[nH]n1. The lowest BCUT2D eigenvalue weighted by atomic mass is 10.1. The molecule has 0 aliphatic heterocycles. The van der Waals surface area contributed by atoms with Crippen LogP contribution in [-0.4, -0.2) is 32.9 Å². The number of ether oxygens (including phenoxy) is 1. The Morgan fingerprint density at radius 2 is 1.96 bits per heavy atom. The zero-order valence-electron chi connectivity index (χ0n) is 13.9. The Balaban J connectivity index is 1.51. The highest BCUT2D eigenvalue weighted by Gasteiger charge is 2.14. The van der Waals surface area contributed by atoms with Crippen molar-refractivity contribution < 1.29 is 19.7 Å². The van der Waals surface area contributed by atoms with Crippen LogP contribution in [0.2, 0.25) is 0 Å². The molecule has 3 rings (SSSR count). The number of aromatic hydroxyl groups is 1. The topological polar surface area (TPSA) is 107 Å². The Labute approximate surface area is 150 Å². The number of hydrogen-bond acceptors (Lipinski definition) is 5. The number of nitrogens with zero attached hydrogens (tertiary/aromatic N) is 1. The smallest absolute Gasteiger partial charge is 0.271 e. The van der Waals surface area contributed by atoms with Crippen LogP contribution in [0.4, 0.5) is 0 Å². The van der Waals surface area contributed by atoms with Gasteiger partial charge in [-0.05, 0) is 35.9 Å². The molecular formula is C19H19N3O4. The molecule has 4 N–H and O–H groups in total. The number of aromatic nitrogens is 2. The molecule has 0 fully saturated rings. The van der Waals surface area contributed by atoms with E-state index in [0.29, 0.717) is 11.3 Å². The summed E-state index contributed by atoms with van der Waals surface area (Å²) < 4.78 is 5.59. The lowest BCUT2D eigenvalue weighted by Gasteiger charge is -2.11. The largest absolute Gasteiger partial charge is 0.508 e. The van der Waals surface area contributed by atoms with Gasteiger partial charge in [-0.15, -0.1) is 0 Å². The van der Waals surface area contributed by atoms with Gasteiger partial charge in [-0.3, -0.25) is 9.89 Å². The summed E-state index contributed by atoms with van der Waals surface area (Å²) in [5.74, 6) is 0.372. The summed E-state index contributed by atoms with van der Waals surface area (Å²) in [6, 6.07) is 17.2. The zero-order valence-corrected chi connectivity index (χ0v) is 13.9. The molecule has 0 spiro atoms. The third kappa shape index (κ3) is 4.61. The number of phenolic OH excluding ortho intramolecular Hbond substituents is 1. The molecule has 3 aromatic rings. The number of phenols is 1. The van der Waals surface area contributed by atoms with Crippen LogP contribution in [0, 0.1) is 0 Å². The molecule has 0 saturated heterocycles. The fraction of sp³-hybridized carbons (Fsp3) is 0.158. The summed E-state index contributed by atoms with van der Waals surface area (Å²) in [5.41, 5.74) is 1.39. The van der Waals surface area contributed by atoms with Gasteiger partial charge in [-0.25, -0.2) is 0 Å². The van der Waals surface area contributed by atoms with Crippen molar-refractivity contribution >= 4 is 5.91 Å². The van der Waals surface area contributed by atoms with E-state index in [2.05, 4.69) is 15.5 Å². The third-order valence-electron chi connectivity index (χ3n) is 3.71. The number of rotatable bonds is 7. The first kappa shape index (κ1) is 17.5. The van der Waals surface area contributed by atoms with Crippen molar-refractivity contribution in [3.05, 3.63) is 77.6 Å². The number of hydrogen-bond donors (Lipinski definition) is 4. The first-order valence-corrected chi connectivity index (χ1v) is 8.09. The molecule has 1 amide bonds. The fourth-order valence-corrected chi connectivity index (χ4v) is 2.36. The van der Waals surface area contributed by atoms with Crippen molar-refractivity contribution in [3.8, 4) is 11.5 Å². The van der Waals surface area contributed by atoms with Crippen molar-refractivity contribution in [3.63, 3.8) is 0 Å². The number of carbonyl (C=O) groups is 1. The molecular weight excluding hydrogens is 334 g/mol. The predicted octanol–water partition coefficient (Wildman–Crippen LogP) is 2.16. The van der Waals surface area contributed by atoms with E-state index in [1.807, 2.05) is 30.3 Å². The molecule has 7 heteroatoms. The molecule has 134 valence electrons. The molecule has 0 aliphatic rings. The van der Waals surface area contributed by atoms with Gasteiger partial charge in [0.2, 0.25) is 0 Å². The molecule has 0 unspecified atom stereocenters. The quantitative estimate of drug-likeness (QED) is 0.521. The number of para-hydroxylation sites is 1. The van der Waals surface area contributed by atoms with Crippen molar-refractivity contribution in [1.82, 2.24) is 15.5 Å². The van der Waals surface area contributed by atoms with Crippen LogP contribution in [0.5, 0.6) is 11.5 Å². The molecule has 0 radical (unpaired) electrons. The zero-order chi connectivity index (χ0) is 18.4. The maximum atomic E-state index is 12.1. The highest BCUT2D eigenvalue weighted by atomic mass is 16.5. The van der Waals surface area contributed by atoms with E-state index in [-0.39, 0.29) is 24.6 Å². The average molecular weight is 353 g/mol. The second-order valence-corrected chi connectivity index (χ2v) is 5.70. The van der Waals surface area contributed by atoms with Crippen molar-refractivity contribution in [2.75, 3.05) is 6.54 Å². The molecule has 26 heavy (non-hydrogen) atoms. The molecule has 1 atom stereocenters. The van der Waals surface area contributed by atoms with E-state index < -0.39 is 12.0 Å². The number of aliphatic hydroxyl groups excluding tert-OH is 1. The van der Waals surface area contributed by atoms with Crippen LogP contribution in [-0.2, 0) is 6.61 Å². The number of nitrogens with one attached hydrogen (secondary N) is 2. The Morgan fingerprint density at radius 1 is 1.15 bits per heavy atom. The monoisotopic (exact) mass is 353 g/mol. The van der Waals surface area contributed by atoms with Crippen molar-refractivity contribution in [2.24, 2.45) is 0 Å². The highest BCUT2D eigenvalue weighted by Crippen LogP contribution is 2.17. The van der Waals surface area contributed by atoms with E-state index in [1.54, 1.807) is 18.2 Å². The van der Waals surface area contributed by atoms with Gasteiger partial charge in [0.05, 0.1) is 11.8 Å². The van der Waals surface area contributed by atoms with E-state index in [4.69, 9.17) is 4.74 Å². The van der Waals surface area contributed by atoms with Gasteiger partial charge in [-0.2, -0.15) is 5.10 Å². The van der Waals surface area contributed by atoms with Crippen LogP contribution in [0.15, 0.2) is 60.7 Å². The summed E-state index contributed by atoms with van der Waals surface area (Å²) in [5, 5.41) is 28.8. The first-order chi connectivity index (χ1) is 12.6. The summed E-state index contributed by atoms with van der Waals surface area (Å²) in [4.78, 5) is 12.1. The number of amides is 1. The van der Waals surface area contributed by atoms with Gasteiger partial charge < -0.3 is 20.3 Å². The molecule has 0 saturated carbocycles. The number of benzene rings is 2. The fourth-order valence-electron chi connectivity index (χ4n) is 2.36. The maximum absolute atomic E-state index is 12.1. The van der Waals surface area contributed by atoms with E-state index in [0.717, 1.165) is 5.75 Å².